The van der Waals surface area contributed by atoms with Crippen LogP contribution in [0, 0.1) is 5.82 Å². The number of carbonyl (C=O) groups is 2. The van der Waals surface area contributed by atoms with Gasteiger partial charge in [0, 0.05) is 6.04 Å². The Balaban J connectivity index is 2.46. The SMILES string of the molecule is COC(=O)CN(C(=O)CCOc1ccc(F)cc1)C(C)C. The first kappa shape index (κ1) is 16.9. The molecule has 0 saturated carbocycles. The van der Waals surface area contributed by atoms with Crippen LogP contribution >= 0.6 is 0 Å². The number of esters is 1. The van der Waals surface area contributed by atoms with Gasteiger partial charge in [-0.05, 0) is 38.1 Å². The summed E-state index contributed by atoms with van der Waals surface area (Å²) >= 11 is 0. The average molecular weight is 297 g/mol. The zero-order valence-electron chi connectivity index (χ0n) is 12.5. The highest BCUT2D eigenvalue weighted by molar-refractivity contribution is 5.82. The van der Waals surface area contributed by atoms with Crippen molar-refractivity contribution in [1.29, 1.82) is 0 Å². The summed E-state index contributed by atoms with van der Waals surface area (Å²) in [6, 6.07) is 5.45. The summed E-state index contributed by atoms with van der Waals surface area (Å²) < 4.78 is 22.7. The zero-order valence-corrected chi connectivity index (χ0v) is 12.5. The van der Waals surface area contributed by atoms with Crippen molar-refractivity contribution in [3.8, 4) is 5.75 Å². The first-order chi connectivity index (χ1) is 9.93. The van der Waals surface area contributed by atoms with Crippen LogP contribution in [0.2, 0.25) is 0 Å². The van der Waals surface area contributed by atoms with E-state index in [0.717, 1.165) is 0 Å². The lowest BCUT2D eigenvalue weighted by Gasteiger charge is -2.25. The maximum atomic E-state index is 12.7. The average Bonchev–Trinajstić information content (AvgIpc) is 2.46. The fraction of sp³-hybridized carbons (Fsp3) is 0.467. The van der Waals surface area contributed by atoms with E-state index < -0.39 is 5.97 Å². The normalized spacial score (nSPS) is 10.3. The molecule has 0 aliphatic carbocycles. The molecule has 0 aliphatic rings. The molecule has 0 spiro atoms. The number of rotatable bonds is 7. The van der Waals surface area contributed by atoms with Gasteiger partial charge in [0.25, 0.3) is 0 Å². The molecule has 0 aliphatic heterocycles. The lowest BCUT2D eigenvalue weighted by Crippen LogP contribution is -2.41. The number of benzene rings is 1. The molecule has 6 heteroatoms. The molecule has 0 radical (unpaired) electrons. The molecule has 0 atom stereocenters. The number of nitrogens with zero attached hydrogens (tertiary/aromatic N) is 1. The van der Waals surface area contributed by atoms with Crippen molar-refractivity contribution in [3.63, 3.8) is 0 Å². The molecule has 116 valence electrons. The molecule has 0 unspecified atom stereocenters. The number of halogens is 1. The van der Waals surface area contributed by atoms with Crippen LogP contribution in [0.15, 0.2) is 24.3 Å². The number of hydrogen-bond acceptors (Lipinski definition) is 4. The Kier molecular flexibility index (Phi) is 6.65. The van der Waals surface area contributed by atoms with Gasteiger partial charge >= 0.3 is 5.97 Å². The molecule has 1 rings (SSSR count). The highest BCUT2D eigenvalue weighted by atomic mass is 19.1. The molecular weight excluding hydrogens is 277 g/mol. The zero-order chi connectivity index (χ0) is 15.8. The minimum Gasteiger partial charge on any atom is -0.493 e. The van der Waals surface area contributed by atoms with E-state index in [1.165, 1.54) is 36.3 Å². The molecule has 21 heavy (non-hydrogen) atoms. The molecule has 1 amide bonds. The van der Waals surface area contributed by atoms with Gasteiger partial charge in [0.15, 0.2) is 0 Å². The van der Waals surface area contributed by atoms with E-state index in [2.05, 4.69) is 4.74 Å². The smallest absolute Gasteiger partial charge is 0.325 e. The predicted molar refractivity (Wildman–Crippen MR) is 75.4 cm³/mol. The summed E-state index contributed by atoms with van der Waals surface area (Å²) in [5.41, 5.74) is 0. The Hall–Kier alpha value is -2.11. The maximum absolute atomic E-state index is 12.7. The van der Waals surface area contributed by atoms with E-state index in [4.69, 9.17) is 4.74 Å². The topological polar surface area (TPSA) is 55.8 Å². The van der Waals surface area contributed by atoms with Crippen LogP contribution < -0.4 is 4.74 Å². The third-order valence-electron chi connectivity index (χ3n) is 2.87. The second kappa shape index (κ2) is 8.24. The Morgan fingerprint density at radius 3 is 2.38 bits per heavy atom. The highest BCUT2D eigenvalue weighted by Crippen LogP contribution is 2.11. The molecule has 0 N–H and O–H groups in total. The molecule has 1 aromatic carbocycles. The molecule has 5 nitrogen and oxygen atoms in total. The van der Waals surface area contributed by atoms with Gasteiger partial charge < -0.3 is 14.4 Å². The van der Waals surface area contributed by atoms with Gasteiger partial charge in [-0.25, -0.2) is 4.39 Å². The monoisotopic (exact) mass is 297 g/mol. The van der Waals surface area contributed by atoms with Crippen molar-refractivity contribution in [2.24, 2.45) is 0 Å². The number of carbonyl (C=O) groups excluding carboxylic acids is 2. The van der Waals surface area contributed by atoms with Crippen LogP contribution in [-0.4, -0.2) is 43.1 Å². The van der Waals surface area contributed by atoms with Gasteiger partial charge in [0.05, 0.1) is 20.1 Å². The predicted octanol–water partition coefficient (Wildman–Crippen LogP) is 2.00. The fourth-order valence-corrected chi connectivity index (χ4v) is 1.69. The number of amides is 1. The van der Waals surface area contributed by atoms with Crippen molar-refractivity contribution in [1.82, 2.24) is 4.90 Å². The van der Waals surface area contributed by atoms with Crippen LogP contribution in [0.4, 0.5) is 4.39 Å². The lowest BCUT2D eigenvalue weighted by molar-refractivity contribution is -0.148. The van der Waals surface area contributed by atoms with Gasteiger partial charge in [-0.15, -0.1) is 0 Å². The Labute approximate surface area is 123 Å². The summed E-state index contributed by atoms with van der Waals surface area (Å²) in [5, 5.41) is 0. The minimum atomic E-state index is -0.462. The molecule has 0 fully saturated rings. The number of hydrogen-bond donors (Lipinski definition) is 0. The summed E-state index contributed by atoms with van der Waals surface area (Å²) in [4.78, 5) is 24.8. The van der Waals surface area contributed by atoms with Gasteiger partial charge in [-0.2, -0.15) is 0 Å². The van der Waals surface area contributed by atoms with Crippen molar-refractivity contribution in [2.75, 3.05) is 20.3 Å². The van der Waals surface area contributed by atoms with Gasteiger partial charge in [-0.3, -0.25) is 9.59 Å². The summed E-state index contributed by atoms with van der Waals surface area (Å²) in [7, 11) is 1.28. The van der Waals surface area contributed by atoms with Crippen LogP contribution in [-0.2, 0) is 14.3 Å². The maximum Gasteiger partial charge on any atom is 0.325 e. The molecular formula is C15H20FNO4. The Bertz CT molecular complexity index is 473. The van der Waals surface area contributed by atoms with Crippen LogP contribution in [0.25, 0.3) is 0 Å². The Morgan fingerprint density at radius 1 is 1.24 bits per heavy atom. The van der Waals surface area contributed by atoms with Crippen molar-refractivity contribution in [2.45, 2.75) is 26.3 Å². The van der Waals surface area contributed by atoms with E-state index in [1.54, 1.807) is 0 Å². The summed E-state index contributed by atoms with van der Waals surface area (Å²) in [5.74, 6) is -0.509. The Morgan fingerprint density at radius 2 is 1.86 bits per heavy atom. The van der Waals surface area contributed by atoms with Crippen molar-refractivity contribution < 1.29 is 23.5 Å². The van der Waals surface area contributed by atoms with E-state index >= 15 is 0 Å². The van der Waals surface area contributed by atoms with Gasteiger partial charge in [0.1, 0.15) is 18.1 Å². The van der Waals surface area contributed by atoms with E-state index in [1.807, 2.05) is 13.8 Å². The lowest BCUT2D eigenvalue weighted by atomic mass is 10.2. The number of ether oxygens (including phenoxy) is 2. The number of methoxy groups -OCH3 is 1. The molecule has 0 bridgehead atoms. The first-order valence-corrected chi connectivity index (χ1v) is 6.68. The molecule has 0 saturated heterocycles. The van der Waals surface area contributed by atoms with E-state index in [-0.39, 0.29) is 37.3 Å². The van der Waals surface area contributed by atoms with Crippen LogP contribution in [0.5, 0.6) is 5.75 Å². The molecule has 0 heterocycles. The molecule has 1 aromatic rings. The fourth-order valence-electron chi connectivity index (χ4n) is 1.69. The summed E-state index contributed by atoms with van der Waals surface area (Å²) in [6.45, 7) is 3.72. The standard InChI is InChI=1S/C15H20FNO4/c1-11(2)17(10-15(19)20-3)14(18)8-9-21-13-6-4-12(16)5-7-13/h4-7,11H,8-10H2,1-3H3. The quantitative estimate of drug-likeness (QED) is 0.722. The van der Waals surface area contributed by atoms with Crippen LogP contribution in [0.1, 0.15) is 20.3 Å². The first-order valence-electron chi connectivity index (χ1n) is 6.68. The largest absolute Gasteiger partial charge is 0.493 e. The molecule has 0 aromatic heterocycles. The third kappa shape index (κ3) is 5.81. The van der Waals surface area contributed by atoms with Crippen molar-refractivity contribution >= 4 is 11.9 Å². The third-order valence-corrected chi connectivity index (χ3v) is 2.87. The minimum absolute atomic E-state index is 0.0798. The summed E-state index contributed by atoms with van der Waals surface area (Å²) in [6.07, 6.45) is 0.131. The van der Waals surface area contributed by atoms with Crippen molar-refractivity contribution in [3.05, 3.63) is 30.1 Å². The second-order valence-corrected chi connectivity index (χ2v) is 4.74. The van der Waals surface area contributed by atoms with E-state index in [9.17, 15) is 14.0 Å². The second-order valence-electron chi connectivity index (χ2n) is 4.74. The van der Waals surface area contributed by atoms with Gasteiger partial charge in [-0.1, -0.05) is 0 Å². The van der Waals surface area contributed by atoms with Gasteiger partial charge in [0.2, 0.25) is 5.91 Å². The van der Waals surface area contributed by atoms with E-state index in [0.29, 0.717) is 5.75 Å². The van der Waals surface area contributed by atoms with Crippen LogP contribution in [0.3, 0.4) is 0 Å². The highest BCUT2D eigenvalue weighted by Gasteiger charge is 2.20.